The lowest BCUT2D eigenvalue weighted by Crippen LogP contribution is -2.36. The second kappa shape index (κ2) is 8.79. The minimum absolute atomic E-state index is 0.0221. The number of fused-ring (bicyclic) bond motifs is 1. The van der Waals surface area contributed by atoms with E-state index in [-0.39, 0.29) is 29.2 Å². The van der Waals surface area contributed by atoms with Crippen LogP contribution in [0.15, 0.2) is 41.1 Å². The second-order valence-corrected chi connectivity index (χ2v) is 6.82. The third-order valence-corrected chi connectivity index (χ3v) is 4.32. The summed E-state index contributed by atoms with van der Waals surface area (Å²) >= 11 is 3.21. The van der Waals surface area contributed by atoms with E-state index in [2.05, 4.69) is 36.5 Å². The van der Waals surface area contributed by atoms with Gasteiger partial charge in [0.1, 0.15) is 36.1 Å². The number of carbonyl (C=O) groups excluding carboxylic acids is 1. The van der Waals surface area contributed by atoms with Crippen molar-refractivity contribution >= 4 is 44.2 Å². The van der Waals surface area contributed by atoms with E-state index in [4.69, 9.17) is 10.00 Å². The molecule has 0 radical (unpaired) electrons. The Balaban J connectivity index is 1.94. The van der Waals surface area contributed by atoms with Gasteiger partial charge in [0.15, 0.2) is 6.10 Å². The number of carbonyl (C=O) groups is 1. The smallest absolute Gasteiger partial charge is 0.261 e. The molecule has 1 heterocycles. The lowest BCUT2D eigenvalue weighted by Gasteiger charge is -2.18. The van der Waals surface area contributed by atoms with Gasteiger partial charge in [0.2, 0.25) is 0 Å². The molecule has 7 nitrogen and oxygen atoms in total. The summed E-state index contributed by atoms with van der Waals surface area (Å²) in [5.41, 5.74) is 0.636. The average molecular weight is 462 g/mol. The van der Waals surface area contributed by atoms with E-state index in [0.29, 0.717) is 9.99 Å². The maximum atomic E-state index is 14.5. The van der Waals surface area contributed by atoms with Crippen LogP contribution in [0.4, 0.5) is 20.3 Å². The first kappa shape index (κ1) is 20.4. The summed E-state index contributed by atoms with van der Waals surface area (Å²) in [4.78, 5) is 20.1. The maximum Gasteiger partial charge on any atom is 0.261 e. The Bertz CT molecular complexity index is 1120. The van der Waals surface area contributed by atoms with Crippen LogP contribution in [0, 0.1) is 23.0 Å². The predicted octanol–water partition coefficient (Wildman–Crippen LogP) is 3.82. The van der Waals surface area contributed by atoms with Crippen LogP contribution < -0.4 is 15.4 Å². The van der Waals surface area contributed by atoms with Gasteiger partial charge in [0.05, 0.1) is 22.7 Å². The van der Waals surface area contributed by atoms with Crippen molar-refractivity contribution in [3.63, 3.8) is 0 Å². The molecule has 10 heteroatoms. The molecule has 0 aliphatic rings. The SMILES string of the molecule is C[C@@H](Oc1cc(F)ccc1Nc1ncnc2cc(Br)cc(F)c12)C(=O)NCC#N. The van der Waals surface area contributed by atoms with Gasteiger partial charge < -0.3 is 15.4 Å². The lowest BCUT2D eigenvalue weighted by molar-refractivity contribution is -0.126. The van der Waals surface area contributed by atoms with Crippen molar-refractivity contribution in [2.24, 2.45) is 0 Å². The van der Waals surface area contributed by atoms with Crippen LogP contribution in [0.2, 0.25) is 0 Å². The van der Waals surface area contributed by atoms with Crippen molar-refractivity contribution in [2.75, 3.05) is 11.9 Å². The van der Waals surface area contributed by atoms with Gasteiger partial charge in [0.25, 0.3) is 5.91 Å². The number of rotatable bonds is 6. The molecule has 0 aliphatic heterocycles. The average Bonchev–Trinajstić information content (AvgIpc) is 2.67. The molecule has 1 atom stereocenters. The van der Waals surface area contributed by atoms with Crippen LogP contribution in [0.3, 0.4) is 0 Å². The highest BCUT2D eigenvalue weighted by atomic mass is 79.9. The summed E-state index contributed by atoms with van der Waals surface area (Å²) in [7, 11) is 0. The molecule has 2 aromatic carbocycles. The Hall–Kier alpha value is -3.32. The van der Waals surface area contributed by atoms with Crippen LogP contribution in [0.5, 0.6) is 5.75 Å². The first-order chi connectivity index (χ1) is 13.9. The number of ether oxygens (including phenoxy) is 1. The van der Waals surface area contributed by atoms with Gasteiger partial charge in [-0.15, -0.1) is 0 Å². The third kappa shape index (κ3) is 4.75. The molecule has 2 N–H and O–H groups in total. The van der Waals surface area contributed by atoms with Gasteiger partial charge in [-0.1, -0.05) is 15.9 Å². The summed E-state index contributed by atoms with van der Waals surface area (Å²) in [6.07, 6.45) is 0.263. The minimum Gasteiger partial charge on any atom is -0.479 e. The molecule has 0 bridgehead atoms. The highest BCUT2D eigenvalue weighted by molar-refractivity contribution is 9.10. The molecule has 0 saturated carbocycles. The summed E-state index contributed by atoms with van der Waals surface area (Å²) in [5.74, 6) is -1.50. The number of nitrogens with zero attached hydrogens (tertiary/aromatic N) is 3. The zero-order chi connectivity index (χ0) is 21.0. The zero-order valence-corrected chi connectivity index (χ0v) is 16.6. The van der Waals surface area contributed by atoms with Crippen molar-refractivity contribution < 1.29 is 18.3 Å². The highest BCUT2D eigenvalue weighted by Crippen LogP contribution is 2.33. The van der Waals surface area contributed by atoms with Crippen molar-refractivity contribution in [3.8, 4) is 11.8 Å². The fourth-order valence-electron chi connectivity index (χ4n) is 2.54. The first-order valence-electron chi connectivity index (χ1n) is 8.36. The number of nitrogens with one attached hydrogen (secondary N) is 2. The van der Waals surface area contributed by atoms with Gasteiger partial charge in [-0.05, 0) is 31.2 Å². The third-order valence-electron chi connectivity index (χ3n) is 3.87. The van der Waals surface area contributed by atoms with Crippen molar-refractivity contribution in [2.45, 2.75) is 13.0 Å². The van der Waals surface area contributed by atoms with E-state index in [1.807, 2.05) is 0 Å². The van der Waals surface area contributed by atoms with Crippen LogP contribution in [-0.2, 0) is 4.79 Å². The fraction of sp³-hybridized carbons (Fsp3) is 0.158. The Morgan fingerprint density at radius 2 is 2.10 bits per heavy atom. The number of aromatic nitrogens is 2. The number of nitriles is 1. The zero-order valence-electron chi connectivity index (χ0n) is 15.0. The van der Waals surface area contributed by atoms with Crippen LogP contribution in [0.25, 0.3) is 10.9 Å². The molecule has 148 valence electrons. The van der Waals surface area contributed by atoms with E-state index in [1.54, 1.807) is 12.1 Å². The summed E-state index contributed by atoms with van der Waals surface area (Å²) in [6.45, 7) is 1.28. The molecule has 29 heavy (non-hydrogen) atoms. The van der Waals surface area contributed by atoms with Gasteiger partial charge in [-0.3, -0.25) is 4.79 Å². The number of benzene rings is 2. The Morgan fingerprint density at radius 1 is 1.31 bits per heavy atom. The van der Waals surface area contributed by atoms with Crippen molar-refractivity contribution in [1.82, 2.24) is 15.3 Å². The predicted molar refractivity (Wildman–Crippen MR) is 106 cm³/mol. The van der Waals surface area contributed by atoms with E-state index >= 15 is 0 Å². The van der Waals surface area contributed by atoms with Crippen molar-refractivity contribution in [3.05, 3.63) is 52.8 Å². The monoisotopic (exact) mass is 461 g/mol. The number of hydrogen-bond acceptors (Lipinski definition) is 6. The summed E-state index contributed by atoms with van der Waals surface area (Å²) < 4.78 is 34.3. The van der Waals surface area contributed by atoms with Crippen LogP contribution >= 0.6 is 15.9 Å². The summed E-state index contributed by atoms with van der Waals surface area (Å²) in [5, 5.41) is 14.0. The molecule has 0 aliphatic carbocycles. The van der Waals surface area contributed by atoms with E-state index in [1.165, 1.54) is 31.5 Å². The number of amides is 1. The molecular weight excluding hydrogens is 448 g/mol. The standard InChI is InChI=1S/C19H14BrF2N5O2/c1-10(19(28)24-5-4-23)29-16-8-12(21)2-3-14(16)27-18-17-13(22)6-11(20)7-15(17)25-9-26-18/h2-3,6-10H,5H2,1H3,(H,24,28)(H,25,26,27)/t10-/m1/s1. The lowest BCUT2D eigenvalue weighted by atomic mass is 10.2. The molecular formula is C19H14BrF2N5O2. The summed E-state index contributed by atoms with van der Waals surface area (Å²) in [6, 6.07) is 8.36. The topological polar surface area (TPSA) is 99.9 Å². The van der Waals surface area contributed by atoms with E-state index in [9.17, 15) is 13.6 Å². The second-order valence-electron chi connectivity index (χ2n) is 5.91. The number of hydrogen-bond donors (Lipinski definition) is 2. The Labute approximate surface area is 172 Å². The quantitative estimate of drug-likeness (QED) is 0.541. The molecule has 1 aromatic heterocycles. The molecule has 0 unspecified atom stereocenters. The maximum absolute atomic E-state index is 14.5. The molecule has 0 spiro atoms. The molecule has 0 saturated heterocycles. The molecule has 0 fully saturated rings. The molecule has 3 aromatic rings. The van der Waals surface area contributed by atoms with Gasteiger partial charge in [-0.2, -0.15) is 5.26 Å². The number of anilines is 2. The largest absolute Gasteiger partial charge is 0.479 e. The van der Waals surface area contributed by atoms with Gasteiger partial charge >= 0.3 is 0 Å². The Morgan fingerprint density at radius 3 is 2.86 bits per heavy atom. The first-order valence-corrected chi connectivity index (χ1v) is 9.16. The van der Waals surface area contributed by atoms with E-state index < -0.39 is 23.6 Å². The van der Waals surface area contributed by atoms with Crippen LogP contribution in [-0.4, -0.2) is 28.5 Å². The van der Waals surface area contributed by atoms with Gasteiger partial charge in [-0.25, -0.2) is 18.7 Å². The Kier molecular flexibility index (Phi) is 6.19. The van der Waals surface area contributed by atoms with Crippen LogP contribution in [0.1, 0.15) is 6.92 Å². The normalized spacial score (nSPS) is 11.6. The molecule has 1 amide bonds. The fourth-order valence-corrected chi connectivity index (χ4v) is 2.96. The van der Waals surface area contributed by atoms with E-state index in [0.717, 1.165) is 6.07 Å². The van der Waals surface area contributed by atoms with Gasteiger partial charge in [0, 0.05) is 10.5 Å². The molecule has 3 rings (SSSR count). The highest BCUT2D eigenvalue weighted by Gasteiger charge is 2.18. The minimum atomic E-state index is -1.000. The number of halogens is 3. The van der Waals surface area contributed by atoms with Crippen molar-refractivity contribution in [1.29, 1.82) is 5.26 Å².